The van der Waals surface area contributed by atoms with Crippen molar-refractivity contribution in [3.63, 3.8) is 0 Å². The van der Waals surface area contributed by atoms with Gasteiger partial charge in [-0.2, -0.15) is 0 Å². The van der Waals surface area contributed by atoms with Crippen LogP contribution in [0, 0.1) is 0 Å². The van der Waals surface area contributed by atoms with Gasteiger partial charge in [-0.3, -0.25) is 9.78 Å². The molecule has 2 aromatic carbocycles. The smallest absolute Gasteiger partial charge is 0.258 e. The lowest BCUT2D eigenvalue weighted by molar-refractivity contribution is -0.121. The Kier molecular flexibility index (Phi) is 6.49. The van der Waals surface area contributed by atoms with Crippen molar-refractivity contribution in [2.45, 2.75) is 6.54 Å². The number of benzene rings is 2. The summed E-state index contributed by atoms with van der Waals surface area (Å²) in [5.74, 6) is 0.690. The molecule has 10 heteroatoms. The Morgan fingerprint density at radius 2 is 1.84 bits per heavy atom. The van der Waals surface area contributed by atoms with Crippen molar-refractivity contribution in [3.8, 4) is 11.6 Å². The molecule has 1 amide bonds. The van der Waals surface area contributed by atoms with E-state index in [9.17, 15) is 4.79 Å². The minimum atomic E-state index is -0.184. The van der Waals surface area contributed by atoms with Gasteiger partial charge in [0.15, 0.2) is 0 Å². The lowest BCUT2D eigenvalue weighted by Crippen LogP contribution is -2.31. The molecule has 0 radical (unpaired) electrons. The fraction of sp³-hybridized carbons (Fsp3) is 0.143. The summed E-state index contributed by atoms with van der Waals surface area (Å²) < 4.78 is 6.99. The molecule has 0 spiro atoms. The van der Waals surface area contributed by atoms with Crippen LogP contribution in [0.15, 0.2) is 60.9 Å². The summed E-state index contributed by atoms with van der Waals surface area (Å²) in [6.45, 7) is 1.03. The fourth-order valence-corrected chi connectivity index (χ4v) is 3.20. The van der Waals surface area contributed by atoms with E-state index in [0.29, 0.717) is 34.8 Å². The number of nitrogens with zero attached hydrogens (tertiary/aromatic N) is 4. The third-order valence-electron chi connectivity index (χ3n) is 4.33. The summed E-state index contributed by atoms with van der Waals surface area (Å²) in [6.07, 6.45) is 3.27. The van der Waals surface area contributed by atoms with Gasteiger partial charge in [-0.25, -0.2) is 4.68 Å². The number of rotatable bonds is 8. The fourth-order valence-electron chi connectivity index (χ4n) is 2.91. The number of hydrogen-bond donors (Lipinski definition) is 2. The molecular formula is C21H18Cl2N6O2. The van der Waals surface area contributed by atoms with E-state index in [0.717, 1.165) is 16.6 Å². The Hall–Kier alpha value is -3.36. The zero-order valence-electron chi connectivity index (χ0n) is 16.3. The molecule has 0 atom stereocenters. The van der Waals surface area contributed by atoms with Crippen LogP contribution >= 0.6 is 23.2 Å². The summed E-state index contributed by atoms with van der Waals surface area (Å²) in [5, 5.41) is 16.2. The predicted molar refractivity (Wildman–Crippen MR) is 120 cm³/mol. The lowest BCUT2D eigenvalue weighted by Gasteiger charge is -2.10. The number of ether oxygens (including phenoxy) is 1. The molecular weight excluding hydrogens is 439 g/mol. The third kappa shape index (κ3) is 5.62. The van der Waals surface area contributed by atoms with Crippen LogP contribution in [0.5, 0.6) is 11.6 Å². The Bertz CT molecular complexity index is 1200. The molecule has 2 heterocycles. The maximum Gasteiger partial charge on any atom is 0.258 e. The van der Waals surface area contributed by atoms with Crippen LogP contribution in [-0.2, 0) is 11.3 Å². The molecule has 0 aliphatic heterocycles. The van der Waals surface area contributed by atoms with E-state index in [1.807, 2.05) is 24.3 Å². The highest BCUT2D eigenvalue weighted by Crippen LogP contribution is 2.24. The number of carbonyl (C=O) groups is 1. The van der Waals surface area contributed by atoms with Crippen molar-refractivity contribution in [2.75, 3.05) is 18.4 Å². The number of anilines is 1. The maximum atomic E-state index is 12.2. The zero-order chi connectivity index (χ0) is 21.6. The second kappa shape index (κ2) is 9.63. The van der Waals surface area contributed by atoms with Crippen LogP contribution in [0.25, 0.3) is 10.9 Å². The van der Waals surface area contributed by atoms with Gasteiger partial charge in [-0.1, -0.05) is 33.5 Å². The summed E-state index contributed by atoms with van der Waals surface area (Å²) >= 11 is 11.9. The monoisotopic (exact) mass is 456 g/mol. The number of hydrogen-bond acceptors (Lipinski definition) is 6. The number of pyridine rings is 1. The minimum absolute atomic E-state index is 0.0354. The number of aromatic nitrogens is 4. The lowest BCUT2D eigenvalue weighted by atomic mass is 10.2. The van der Waals surface area contributed by atoms with Crippen molar-refractivity contribution < 1.29 is 9.53 Å². The summed E-state index contributed by atoms with van der Waals surface area (Å²) in [4.78, 5) is 16.5. The molecule has 4 aromatic rings. The van der Waals surface area contributed by atoms with Gasteiger partial charge >= 0.3 is 0 Å². The Labute approximate surface area is 188 Å². The topological polar surface area (TPSA) is 94.0 Å². The van der Waals surface area contributed by atoms with E-state index in [2.05, 4.69) is 25.9 Å². The van der Waals surface area contributed by atoms with Gasteiger partial charge in [0.25, 0.3) is 5.88 Å². The first kappa shape index (κ1) is 20.9. The van der Waals surface area contributed by atoms with Crippen LogP contribution in [0.2, 0.25) is 10.0 Å². The van der Waals surface area contributed by atoms with E-state index in [1.165, 1.54) is 4.68 Å². The van der Waals surface area contributed by atoms with E-state index in [1.54, 1.807) is 36.7 Å². The van der Waals surface area contributed by atoms with Gasteiger partial charge in [0, 0.05) is 40.4 Å². The zero-order valence-corrected chi connectivity index (χ0v) is 17.8. The number of nitrogens with one attached hydrogen (secondary N) is 2. The van der Waals surface area contributed by atoms with Crippen LogP contribution in [-0.4, -0.2) is 39.0 Å². The largest absolute Gasteiger partial charge is 0.436 e. The van der Waals surface area contributed by atoms with Crippen molar-refractivity contribution in [3.05, 3.63) is 71.0 Å². The molecule has 31 heavy (non-hydrogen) atoms. The number of carbonyl (C=O) groups excluding carboxylic acids is 1. The van der Waals surface area contributed by atoms with E-state index < -0.39 is 0 Å². The third-order valence-corrected chi connectivity index (χ3v) is 4.81. The molecule has 8 nitrogen and oxygen atoms in total. The number of halogens is 2. The highest BCUT2D eigenvalue weighted by atomic mass is 35.5. The standard InChI is InChI=1S/C21H18Cl2N6O2/c22-14-1-4-16(5-2-14)31-21-13-29(28-27-21)12-20(30)26-10-9-25-18-7-8-24-19-11-15(23)3-6-17(18)19/h1-8,11,13H,9-10,12H2,(H,24,25)(H,26,30). The molecule has 0 saturated heterocycles. The summed E-state index contributed by atoms with van der Waals surface area (Å²) in [6, 6.07) is 14.3. The Morgan fingerprint density at radius 3 is 2.68 bits per heavy atom. The highest BCUT2D eigenvalue weighted by molar-refractivity contribution is 6.31. The molecule has 0 aliphatic carbocycles. The van der Waals surface area contributed by atoms with E-state index in [-0.39, 0.29) is 12.5 Å². The molecule has 0 bridgehead atoms. The van der Waals surface area contributed by atoms with Crippen molar-refractivity contribution in [1.29, 1.82) is 0 Å². The summed E-state index contributed by atoms with van der Waals surface area (Å²) in [7, 11) is 0. The van der Waals surface area contributed by atoms with Crippen LogP contribution in [0.1, 0.15) is 0 Å². The minimum Gasteiger partial charge on any atom is -0.436 e. The quantitative estimate of drug-likeness (QED) is 0.386. The van der Waals surface area contributed by atoms with Gasteiger partial charge in [-0.15, -0.1) is 0 Å². The number of fused-ring (bicyclic) bond motifs is 1. The molecule has 0 fully saturated rings. The average Bonchev–Trinajstić information content (AvgIpc) is 3.19. The van der Waals surface area contributed by atoms with Gasteiger partial charge in [0.2, 0.25) is 5.91 Å². The van der Waals surface area contributed by atoms with Gasteiger partial charge in [0.1, 0.15) is 12.3 Å². The first-order valence-corrected chi connectivity index (χ1v) is 10.2. The first-order valence-electron chi connectivity index (χ1n) is 9.45. The van der Waals surface area contributed by atoms with E-state index >= 15 is 0 Å². The molecule has 4 rings (SSSR count). The second-order valence-corrected chi connectivity index (χ2v) is 7.48. The Morgan fingerprint density at radius 1 is 1.03 bits per heavy atom. The van der Waals surface area contributed by atoms with Gasteiger partial charge in [0.05, 0.1) is 11.7 Å². The SMILES string of the molecule is O=C(Cn1cc(Oc2ccc(Cl)cc2)nn1)NCCNc1ccnc2cc(Cl)ccc12. The molecule has 2 aromatic heterocycles. The van der Waals surface area contributed by atoms with Crippen LogP contribution in [0.3, 0.4) is 0 Å². The van der Waals surface area contributed by atoms with Crippen molar-refractivity contribution in [2.24, 2.45) is 0 Å². The number of amides is 1. The van der Waals surface area contributed by atoms with Crippen LogP contribution < -0.4 is 15.4 Å². The Balaban J connectivity index is 1.24. The molecule has 0 saturated carbocycles. The molecule has 0 unspecified atom stereocenters. The average molecular weight is 457 g/mol. The van der Waals surface area contributed by atoms with Crippen molar-refractivity contribution in [1.82, 2.24) is 25.3 Å². The highest BCUT2D eigenvalue weighted by Gasteiger charge is 2.08. The van der Waals surface area contributed by atoms with E-state index in [4.69, 9.17) is 27.9 Å². The molecule has 2 N–H and O–H groups in total. The second-order valence-electron chi connectivity index (χ2n) is 6.61. The maximum absolute atomic E-state index is 12.2. The molecule has 0 aliphatic rings. The normalized spacial score (nSPS) is 10.8. The molecule has 158 valence electrons. The van der Waals surface area contributed by atoms with Crippen molar-refractivity contribution >= 4 is 45.7 Å². The summed E-state index contributed by atoms with van der Waals surface area (Å²) in [5.41, 5.74) is 1.74. The van der Waals surface area contributed by atoms with Crippen LogP contribution in [0.4, 0.5) is 5.69 Å². The van der Waals surface area contributed by atoms with Gasteiger partial charge < -0.3 is 15.4 Å². The first-order chi connectivity index (χ1) is 15.1. The van der Waals surface area contributed by atoms with Gasteiger partial charge in [-0.05, 0) is 48.5 Å². The predicted octanol–water partition coefficient (Wildman–Crippen LogP) is 4.15.